The van der Waals surface area contributed by atoms with Crippen molar-refractivity contribution >= 4 is 18.3 Å². The average Bonchev–Trinajstić information content (AvgIpc) is 3.34. The molecule has 3 aliphatic rings. The Bertz CT molecular complexity index is 332. The van der Waals surface area contributed by atoms with Crippen LogP contribution in [0.2, 0.25) is 0 Å². The minimum atomic E-state index is 0. The lowest BCUT2D eigenvalue weighted by atomic mass is 9.83. The lowest BCUT2D eigenvalue weighted by Crippen LogP contribution is -2.49. The maximum Gasteiger partial charge on any atom is 0.227 e. The van der Waals surface area contributed by atoms with Crippen LogP contribution in [0.4, 0.5) is 0 Å². The van der Waals surface area contributed by atoms with Crippen LogP contribution >= 0.6 is 12.4 Å². The summed E-state index contributed by atoms with van der Waals surface area (Å²) in [6, 6.07) is 1.15. The maximum atomic E-state index is 12.9. The molecule has 0 bridgehead atoms. The van der Waals surface area contributed by atoms with Crippen LogP contribution in [0.5, 0.6) is 0 Å². The van der Waals surface area contributed by atoms with Crippen LogP contribution in [0.25, 0.3) is 0 Å². The molecule has 0 spiro atoms. The minimum absolute atomic E-state index is 0. The molecular formula is C17H31ClN2O. The molecule has 2 saturated carbocycles. The molecule has 1 aliphatic heterocycles. The van der Waals surface area contributed by atoms with E-state index in [-0.39, 0.29) is 18.3 Å². The van der Waals surface area contributed by atoms with Crippen molar-refractivity contribution in [2.24, 2.45) is 11.8 Å². The van der Waals surface area contributed by atoms with Gasteiger partial charge in [0, 0.05) is 18.6 Å². The zero-order valence-electron chi connectivity index (χ0n) is 13.4. The van der Waals surface area contributed by atoms with E-state index >= 15 is 0 Å². The summed E-state index contributed by atoms with van der Waals surface area (Å²) in [5.41, 5.74) is 0. The van der Waals surface area contributed by atoms with Crippen LogP contribution in [0.1, 0.15) is 64.7 Å². The van der Waals surface area contributed by atoms with Crippen LogP contribution in [0.15, 0.2) is 0 Å². The zero-order valence-corrected chi connectivity index (χ0v) is 14.2. The molecule has 2 aliphatic carbocycles. The summed E-state index contributed by atoms with van der Waals surface area (Å²) in [6.07, 6.45) is 11.2. The number of hydrogen-bond acceptors (Lipinski definition) is 2. The van der Waals surface area contributed by atoms with Gasteiger partial charge in [0.2, 0.25) is 5.91 Å². The number of piperidine rings is 1. The molecule has 1 unspecified atom stereocenters. The number of hydrogen-bond donors (Lipinski definition) is 1. The number of nitrogens with one attached hydrogen (secondary N) is 1. The second kappa shape index (κ2) is 7.82. The Labute approximate surface area is 135 Å². The van der Waals surface area contributed by atoms with E-state index in [4.69, 9.17) is 0 Å². The summed E-state index contributed by atoms with van der Waals surface area (Å²) < 4.78 is 0. The van der Waals surface area contributed by atoms with E-state index in [1.807, 2.05) is 0 Å². The third kappa shape index (κ3) is 4.13. The van der Waals surface area contributed by atoms with Crippen molar-refractivity contribution in [2.75, 3.05) is 13.1 Å². The molecule has 0 radical (unpaired) electrons. The van der Waals surface area contributed by atoms with Crippen LogP contribution in [-0.2, 0) is 4.79 Å². The van der Waals surface area contributed by atoms with Gasteiger partial charge in [-0.15, -0.1) is 12.4 Å². The van der Waals surface area contributed by atoms with E-state index in [0.717, 1.165) is 31.8 Å². The lowest BCUT2D eigenvalue weighted by Gasteiger charge is -2.39. The van der Waals surface area contributed by atoms with Gasteiger partial charge in [0.25, 0.3) is 0 Å². The van der Waals surface area contributed by atoms with Crippen molar-refractivity contribution in [2.45, 2.75) is 76.8 Å². The van der Waals surface area contributed by atoms with Gasteiger partial charge in [-0.25, -0.2) is 0 Å². The molecule has 1 N–H and O–H groups in total. The molecule has 21 heavy (non-hydrogen) atoms. The Morgan fingerprint density at radius 2 is 1.67 bits per heavy atom. The number of amides is 1. The SMILES string of the molecule is CCC1CCC(N(C(=O)C2CCCNC2)C2CC2)CC1.Cl. The summed E-state index contributed by atoms with van der Waals surface area (Å²) >= 11 is 0. The molecule has 4 heteroatoms. The molecule has 1 saturated heterocycles. The largest absolute Gasteiger partial charge is 0.336 e. The van der Waals surface area contributed by atoms with Gasteiger partial charge in [-0.1, -0.05) is 13.3 Å². The number of carbonyl (C=O) groups excluding carboxylic acids is 1. The molecule has 3 rings (SSSR count). The van der Waals surface area contributed by atoms with Crippen LogP contribution < -0.4 is 5.32 Å². The second-order valence-electron chi connectivity index (χ2n) is 7.10. The Kier molecular flexibility index (Phi) is 6.36. The first-order chi connectivity index (χ1) is 9.79. The fourth-order valence-electron chi connectivity index (χ4n) is 4.12. The van der Waals surface area contributed by atoms with Gasteiger partial charge in [0.15, 0.2) is 0 Å². The summed E-state index contributed by atoms with van der Waals surface area (Å²) in [5, 5.41) is 3.40. The Morgan fingerprint density at radius 3 is 2.14 bits per heavy atom. The van der Waals surface area contributed by atoms with Crippen molar-refractivity contribution in [3.63, 3.8) is 0 Å². The molecule has 0 aromatic heterocycles. The van der Waals surface area contributed by atoms with E-state index in [1.54, 1.807) is 0 Å². The quantitative estimate of drug-likeness (QED) is 0.863. The van der Waals surface area contributed by atoms with Crippen molar-refractivity contribution in [1.82, 2.24) is 10.2 Å². The highest BCUT2D eigenvalue weighted by Gasteiger charge is 2.40. The fourth-order valence-corrected chi connectivity index (χ4v) is 4.12. The first-order valence-electron chi connectivity index (χ1n) is 8.82. The molecular weight excluding hydrogens is 284 g/mol. The lowest BCUT2D eigenvalue weighted by molar-refractivity contribution is -0.140. The monoisotopic (exact) mass is 314 g/mol. The predicted octanol–water partition coefficient (Wildman–Crippen LogP) is 3.37. The van der Waals surface area contributed by atoms with Gasteiger partial charge in [0.1, 0.15) is 0 Å². The molecule has 3 fully saturated rings. The standard InChI is InChI=1S/C17H30N2O.ClH/c1-2-13-5-7-15(8-6-13)19(16-9-10-16)17(20)14-4-3-11-18-12-14;/h13-16,18H,2-12H2,1H3;1H. The van der Waals surface area contributed by atoms with Gasteiger partial charge < -0.3 is 10.2 Å². The summed E-state index contributed by atoms with van der Waals surface area (Å²) in [6.45, 7) is 4.31. The van der Waals surface area contributed by atoms with Gasteiger partial charge in [0.05, 0.1) is 5.92 Å². The van der Waals surface area contributed by atoms with E-state index in [9.17, 15) is 4.79 Å². The molecule has 1 heterocycles. The van der Waals surface area contributed by atoms with Gasteiger partial charge in [-0.3, -0.25) is 4.79 Å². The third-order valence-corrected chi connectivity index (χ3v) is 5.63. The number of halogens is 1. The first-order valence-corrected chi connectivity index (χ1v) is 8.82. The molecule has 3 nitrogen and oxygen atoms in total. The first kappa shape index (κ1) is 17.1. The number of carbonyl (C=O) groups is 1. The Balaban J connectivity index is 0.00000161. The van der Waals surface area contributed by atoms with Crippen molar-refractivity contribution in [1.29, 1.82) is 0 Å². The highest BCUT2D eigenvalue weighted by atomic mass is 35.5. The van der Waals surface area contributed by atoms with Crippen LogP contribution in [-0.4, -0.2) is 36.0 Å². The summed E-state index contributed by atoms with van der Waals surface area (Å²) in [7, 11) is 0. The smallest absolute Gasteiger partial charge is 0.227 e. The van der Waals surface area contributed by atoms with Crippen molar-refractivity contribution < 1.29 is 4.79 Å². The van der Waals surface area contributed by atoms with Crippen molar-refractivity contribution in [3.05, 3.63) is 0 Å². The van der Waals surface area contributed by atoms with E-state index in [1.165, 1.54) is 44.9 Å². The van der Waals surface area contributed by atoms with E-state index < -0.39 is 0 Å². The van der Waals surface area contributed by atoms with Gasteiger partial charge in [-0.2, -0.15) is 0 Å². The third-order valence-electron chi connectivity index (χ3n) is 5.63. The average molecular weight is 315 g/mol. The highest BCUT2D eigenvalue weighted by Crippen LogP contribution is 2.37. The maximum absolute atomic E-state index is 12.9. The second-order valence-corrected chi connectivity index (χ2v) is 7.10. The summed E-state index contributed by atoms with van der Waals surface area (Å²) in [4.78, 5) is 15.3. The predicted molar refractivity (Wildman–Crippen MR) is 88.7 cm³/mol. The van der Waals surface area contributed by atoms with Gasteiger partial charge in [-0.05, 0) is 63.8 Å². The van der Waals surface area contributed by atoms with Crippen molar-refractivity contribution in [3.8, 4) is 0 Å². The van der Waals surface area contributed by atoms with Crippen LogP contribution in [0.3, 0.4) is 0 Å². The molecule has 122 valence electrons. The van der Waals surface area contributed by atoms with E-state index in [0.29, 0.717) is 18.0 Å². The van der Waals surface area contributed by atoms with Gasteiger partial charge >= 0.3 is 0 Å². The number of nitrogens with zero attached hydrogens (tertiary/aromatic N) is 1. The molecule has 0 aromatic rings. The normalized spacial score (nSPS) is 33.1. The zero-order chi connectivity index (χ0) is 13.9. The Morgan fingerprint density at radius 1 is 1.05 bits per heavy atom. The fraction of sp³-hybridized carbons (Fsp3) is 0.941. The molecule has 1 amide bonds. The minimum Gasteiger partial charge on any atom is -0.336 e. The van der Waals surface area contributed by atoms with E-state index in [2.05, 4.69) is 17.1 Å². The highest BCUT2D eigenvalue weighted by molar-refractivity contribution is 5.85. The molecule has 1 atom stereocenters. The Hall–Kier alpha value is -0.280. The summed E-state index contributed by atoms with van der Waals surface area (Å²) in [5.74, 6) is 1.65. The van der Waals surface area contributed by atoms with Crippen LogP contribution in [0, 0.1) is 11.8 Å². The number of rotatable bonds is 4. The molecule has 0 aromatic carbocycles. The topological polar surface area (TPSA) is 32.3 Å².